The third-order valence-corrected chi connectivity index (χ3v) is 2.65. The van der Waals surface area contributed by atoms with Gasteiger partial charge in [-0.1, -0.05) is 12.8 Å². The van der Waals surface area contributed by atoms with Gasteiger partial charge < -0.3 is 11.1 Å². The fraction of sp³-hybridized carbons (Fsp3) is 0.900. The topological polar surface area (TPSA) is 55.1 Å². The van der Waals surface area contributed by atoms with Gasteiger partial charge in [0.25, 0.3) is 0 Å². The second-order valence-electron chi connectivity index (χ2n) is 3.85. The molecule has 1 aliphatic rings. The zero-order valence-electron chi connectivity index (χ0n) is 8.22. The predicted molar refractivity (Wildman–Crippen MR) is 53.3 cm³/mol. The maximum absolute atomic E-state index is 11.3. The Balaban J connectivity index is 2.02. The van der Waals surface area contributed by atoms with E-state index in [1.54, 1.807) is 0 Å². The van der Waals surface area contributed by atoms with Crippen LogP contribution in [-0.2, 0) is 4.79 Å². The fourth-order valence-electron chi connectivity index (χ4n) is 1.88. The van der Waals surface area contributed by atoms with Gasteiger partial charge in [0.15, 0.2) is 0 Å². The molecule has 3 N–H and O–H groups in total. The minimum Gasteiger partial charge on any atom is -0.356 e. The number of rotatable bonds is 5. The molecule has 3 heteroatoms. The largest absolute Gasteiger partial charge is 0.356 e. The number of hydrogen-bond acceptors (Lipinski definition) is 2. The lowest BCUT2D eigenvalue weighted by molar-refractivity contribution is -0.121. The molecule has 0 aromatic heterocycles. The van der Waals surface area contributed by atoms with Crippen molar-refractivity contribution in [3.63, 3.8) is 0 Å². The lowest BCUT2D eigenvalue weighted by Crippen LogP contribution is -2.27. The van der Waals surface area contributed by atoms with Gasteiger partial charge in [-0.25, -0.2) is 0 Å². The molecule has 0 spiro atoms. The lowest BCUT2D eigenvalue weighted by atomic mass is 10.0. The SMILES string of the molecule is NCCCNC(=O)CC1CCCC1. The molecular weight excluding hydrogens is 164 g/mol. The molecule has 1 rings (SSSR count). The molecule has 0 radical (unpaired) electrons. The van der Waals surface area contributed by atoms with E-state index >= 15 is 0 Å². The number of hydrogen-bond donors (Lipinski definition) is 2. The van der Waals surface area contributed by atoms with Crippen molar-refractivity contribution in [1.82, 2.24) is 5.32 Å². The summed E-state index contributed by atoms with van der Waals surface area (Å²) < 4.78 is 0. The Morgan fingerprint density at radius 2 is 2.08 bits per heavy atom. The molecule has 76 valence electrons. The first-order valence-electron chi connectivity index (χ1n) is 5.29. The third-order valence-electron chi connectivity index (χ3n) is 2.65. The van der Waals surface area contributed by atoms with Gasteiger partial charge in [-0.3, -0.25) is 4.79 Å². The highest BCUT2D eigenvalue weighted by Gasteiger charge is 2.17. The smallest absolute Gasteiger partial charge is 0.220 e. The first-order chi connectivity index (χ1) is 6.33. The number of nitrogens with one attached hydrogen (secondary N) is 1. The van der Waals surface area contributed by atoms with Crippen LogP contribution in [0.2, 0.25) is 0 Å². The minimum atomic E-state index is 0.209. The maximum Gasteiger partial charge on any atom is 0.220 e. The van der Waals surface area contributed by atoms with E-state index in [4.69, 9.17) is 5.73 Å². The summed E-state index contributed by atoms with van der Waals surface area (Å²) in [5.41, 5.74) is 5.33. The fourth-order valence-corrected chi connectivity index (χ4v) is 1.88. The van der Waals surface area contributed by atoms with Gasteiger partial charge in [-0.2, -0.15) is 0 Å². The van der Waals surface area contributed by atoms with E-state index in [0.29, 0.717) is 12.5 Å². The van der Waals surface area contributed by atoms with Gasteiger partial charge in [0.1, 0.15) is 0 Å². The molecule has 0 bridgehead atoms. The molecule has 3 nitrogen and oxygen atoms in total. The number of nitrogens with two attached hydrogens (primary N) is 1. The lowest BCUT2D eigenvalue weighted by Gasteiger charge is -2.08. The first-order valence-corrected chi connectivity index (χ1v) is 5.29. The Morgan fingerprint density at radius 3 is 2.69 bits per heavy atom. The van der Waals surface area contributed by atoms with Crippen LogP contribution in [0.5, 0.6) is 0 Å². The van der Waals surface area contributed by atoms with Gasteiger partial charge in [-0.05, 0) is 31.7 Å². The molecular formula is C10H20N2O. The van der Waals surface area contributed by atoms with Crippen LogP contribution in [0.3, 0.4) is 0 Å². The summed E-state index contributed by atoms with van der Waals surface area (Å²) in [7, 11) is 0. The summed E-state index contributed by atoms with van der Waals surface area (Å²) in [5, 5.41) is 2.89. The summed E-state index contributed by atoms with van der Waals surface area (Å²) in [4.78, 5) is 11.3. The van der Waals surface area contributed by atoms with Crippen LogP contribution in [0, 0.1) is 5.92 Å². The van der Waals surface area contributed by atoms with E-state index in [0.717, 1.165) is 19.4 Å². The van der Waals surface area contributed by atoms with E-state index < -0.39 is 0 Å². The van der Waals surface area contributed by atoms with Crippen molar-refractivity contribution in [2.24, 2.45) is 11.7 Å². The van der Waals surface area contributed by atoms with Gasteiger partial charge in [0, 0.05) is 13.0 Å². The van der Waals surface area contributed by atoms with Crippen molar-refractivity contribution in [3.05, 3.63) is 0 Å². The van der Waals surface area contributed by atoms with Crippen LogP contribution in [0.4, 0.5) is 0 Å². The van der Waals surface area contributed by atoms with Gasteiger partial charge in [0.2, 0.25) is 5.91 Å². The first kappa shape index (κ1) is 10.5. The van der Waals surface area contributed by atoms with Crippen molar-refractivity contribution in [2.45, 2.75) is 38.5 Å². The Bertz CT molecular complexity index is 153. The van der Waals surface area contributed by atoms with Crippen LogP contribution < -0.4 is 11.1 Å². The van der Waals surface area contributed by atoms with Crippen LogP contribution in [-0.4, -0.2) is 19.0 Å². The highest BCUT2D eigenvalue weighted by Crippen LogP contribution is 2.27. The summed E-state index contributed by atoms with van der Waals surface area (Å²) in [6.45, 7) is 1.39. The van der Waals surface area contributed by atoms with Crippen molar-refractivity contribution in [2.75, 3.05) is 13.1 Å². The molecule has 0 aliphatic heterocycles. The summed E-state index contributed by atoms with van der Waals surface area (Å²) >= 11 is 0. The van der Waals surface area contributed by atoms with Crippen LogP contribution in [0.15, 0.2) is 0 Å². The monoisotopic (exact) mass is 184 g/mol. The normalized spacial score (nSPS) is 17.6. The zero-order chi connectivity index (χ0) is 9.52. The Labute approximate surface area is 80.1 Å². The molecule has 0 aromatic carbocycles. The summed E-state index contributed by atoms with van der Waals surface area (Å²) in [6, 6.07) is 0. The zero-order valence-corrected chi connectivity index (χ0v) is 8.22. The Hall–Kier alpha value is -0.570. The average molecular weight is 184 g/mol. The van der Waals surface area contributed by atoms with E-state index in [1.165, 1.54) is 25.7 Å². The number of amides is 1. The van der Waals surface area contributed by atoms with E-state index in [1.807, 2.05) is 0 Å². The maximum atomic E-state index is 11.3. The Kier molecular flexibility index (Phi) is 4.83. The second-order valence-corrected chi connectivity index (χ2v) is 3.85. The molecule has 0 saturated heterocycles. The van der Waals surface area contributed by atoms with Crippen molar-refractivity contribution >= 4 is 5.91 Å². The summed E-state index contributed by atoms with van der Waals surface area (Å²) in [6.07, 6.45) is 6.71. The molecule has 1 amide bonds. The van der Waals surface area contributed by atoms with Crippen molar-refractivity contribution in [3.8, 4) is 0 Å². The average Bonchev–Trinajstić information content (AvgIpc) is 2.57. The third kappa shape index (κ3) is 4.27. The van der Waals surface area contributed by atoms with Crippen molar-refractivity contribution in [1.29, 1.82) is 0 Å². The number of carbonyl (C=O) groups is 1. The van der Waals surface area contributed by atoms with Crippen LogP contribution in [0.1, 0.15) is 38.5 Å². The van der Waals surface area contributed by atoms with E-state index in [-0.39, 0.29) is 5.91 Å². The van der Waals surface area contributed by atoms with E-state index in [2.05, 4.69) is 5.32 Å². The van der Waals surface area contributed by atoms with Crippen LogP contribution >= 0.6 is 0 Å². The number of carbonyl (C=O) groups excluding carboxylic acids is 1. The molecule has 0 atom stereocenters. The van der Waals surface area contributed by atoms with Gasteiger partial charge >= 0.3 is 0 Å². The molecule has 1 aliphatic carbocycles. The Morgan fingerprint density at radius 1 is 1.38 bits per heavy atom. The van der Waals surface area contributed by atoms with Gasteiger partial charge in [0.05, 0.1) is 0 Å². The standard InChI is InChI=1S/C10H20N2O/c11-6-3-7-12-10(13)8-9-4-1-2-5-9/h9H,1-8,11H2,(H,12,13). The molecule has 1 saturated carbocycles. The molecule has 0 unspecified atom stereocenters. The predicted octanol–water partition coefficient (Wildman–Crippen LogP) is 1.03. The molecule has 13 heavy (non-hydrogen) atoms. The molecule has 0 aromatic rings. The van der Waals surface area contributed by atoms with Crippen molar-refractivity contribution < 1.29 is 4.79 Å². The molecule has 1 fully saturated rings. The molecule has 0 heterocycles. The highest BCUT2D eigenvalue weighted by atomic mass is 16.1. The van der Waals surface area contributed by atoms with E-state index in [9.17, 15) is 4.79 Å². The second kappa shape index (κ2) is 5.97. The summed E-state index contributed by atoms with van der Waals surface area (Å²) in [5.74, 6) is 0.859. The highest BCUT2D eigenvalue weighted by molar-refractivity contribution is 5.76. The minimum absolute atomic E-state index is 0.209. The van der Waals surface area contributed by atoms with Gasteiger partial charge in [-0.15, -0.1) is 0 Å². The van der Waals surface area contributed by atoms with Crippen LogP contribution in [0.25, 0.3) is 0 Å². The quantitative estimate of drug-likeness (QED) is 0.627.